The third-order valence-electron chi connectivity index (χ3n) is 8.54. The van der Waals surface area contributed by atoms with Crippen LogP contribution in [0, 0.1) is 17.6 Å². The maximum atomic E-state index is 14.4. The number of amides is 1. The fourth-order valence-corrected chi connectivity index (χ4v) is 6.03. The SMILES string of the molecule is CCC[C@H](NC1CCc2cc(F)cc(F)c2C1)C(=O)Nc1cn(C(C)(C)CN[C@H](C)C2CCCCC2)cn1. The van der Waals surface area contributed by atoms with Crippen LogP contribution in [-0.2, 0) is 23.2 Å². The monoisotopic (exact) mass is 529 g/mol. The van der Waals surface area contributed by atoms with E-state index in [0.717, 1.165) is 36.9 Å². The van der Waals surface area contributed by atoms with Crippen molar-refractivity contribution < 1.29 is 13.6 Å². The average Bonchev–Trinajstić information content (AvgIpc) is 3.37. The zero-order valence-electron chi connectivity index (χ0n) is 23.5. The number of hydrogen-bond acceptors (Lipinski definition) is 4. The van der Waals surface area contributed by atoms with E-state index in [0.29, 0.717) is 36.7 Å². The fourth-order valence-electron chi connectivity index (χ4n) is 6.03. The van der Waals surface area contributed by atoms with Crippen molar-refractivity contribution in [1.29, 1.82) is 0 Å². The summed E-state index contributed by atoms with van der Waals surface area (Å²) in [5.74, 6) is 0.105. The summed E-state index contributed by atoms with van der Waals surface area (Å²) in [6, 6.07) is 2.40. The normalized spacial score (nSPS) is 20.1. The van der Waals surface area contributed by atoms with Gasteiger partial charge in [-0.2, -0.15) is 0 Å². The summed E-state index contributed by atoms with van der Waals surface area (Å²) in [5.41, 5.74) is 1.09. The lowest BCUT2D eigenvalue weighted by atomic mass is 9.84. The molecule has 3 N–H and O–H groups in total. The van der Waals surface area contributed by atoms with Crippen LogP contribution in [0.2, 0.25) is 0 Å². The van der Waals surface area contributed by atoms with Gasteiger partial charge in [0.15, 0.2) is 5.82 Å². The summed E-state index contributed by atoms with van der Waals surface area (Å²) in [7, 11) is 0. The topological polar surface area (TPSA) is 71.0 Å². The number of rotatable bonds is 11. The van der Waals surface area contributed by atoms with Crippen molar-refractivity contribution in [3.05, 3.63) is 47.4 Å². The minimum absolute atomic E-state index is 0.0431. The molecule has 2 aliphatic rings. The first-order valence-corrected chi connectivity index (χ1v) is 14.5. The molecule has 0 radical (unpaired) electrons. The molecule has 0 spiro atoms. The number of carbonyl (C=O) groups excluding carboxylic acids is 1. The van der Waals surface area contributed by atoms with Gasteiger partial charge in [-0.3, -0.25) is 4.79 Å². The number of aromatic nitrogens is 2. The van der Waals surface area contributed by atoms with Crippen LogP contribution in [0.3, 0.4) is 0 Å². The molecule has 1 fully saturated rings. The number of nitrogens with one attached hydrogen (secondary N) is 3. The molecule has 38 heavy (non-hydrogen) atoms. The van der Waals surface area contributed by atoms with E-state index < -0.39 is 17.7 Å². The Labute approximate surface area is 226 Å². The van der Waals surface area contributed by atoms with Crippen molar-refractivity contribution >= 4 is 11.7 Å². The summed E-state index contributed by atoms with van der Waals surface area (Å²) in [4.78, 5) is 17.7. The third kappa shape index (κ3) is 7.20. The zero-order chi connectivity index (χ0) is 27.3. The van der Waals surface area contributed by atoms with Gasteiger partial charge in [0.25, 0.3) is 0 Å². The summed E-state index contributed by atoms with van der Waals surface area (Å²) >= 11 is 0. The van der Waals surface area contributed by atoms with Crippen molar-refractivity contribution in [1.82, 2.24) is 20.2 Å². The lowest BCUT2D eigenvalue weighted by Crippen LogP contribution is -2.48. The van der Waals surface area contributed by atoms with E-state index in [-0.39, 0.29) is 17.5 Å². The fraction of sp³-hybridized carbons (Fsp3) is 0.667. The van der Waals surface area contributed by atoms with E-state index in [2.05, 4.69) is 46.3 Å². The first kappa shape index (κ1) is 28.7. The molecule has 0 bridgehead atoms. The molecule has 2 aliphatic carbocycles. The van der Waals surface area contributed by atoms with Crippen LogP contribution >= 0.6 is 0 Å². The number of halogens is 2. The second-order valence-corrected chi connectivity index (χ2v) is 12.0. The zero-order valence-corrected chi connectivity index (χ0v) is 23.5. The highest BCUT2D eigenvalue weighted by atomic mass is 19.1. The summed E-state index contributed by atoms with van der Waals surface area (Å²) in [6.07, 6.45) is 13.6. The van der Waals surface area contributed by atoms with Gasteiger partial charge >= 0.3 is 0 Å². The molecule has 1 aromatic carbocycles. The molecule has 3 atom stereocenters. The van der Waals surface area contributed by atoms with Gasteiger partial charge in [-0.05, 0) is 82.4 Å². The predicted octanol–water partition coefficient (Wildman–Crippen LogP) is 5.71. The average molecular weight is 530 g/mol. The molecule has 210 valence electrons. The van der Waals surface area contributed by atoms with Gasteiger partial charge in [0.05, 0.1) is 17.9 Å². The molecule has 8 heteroatoms. The van der Waals surface area contributed by atoms with Crippen molar-refractivity contribution in [3.8, 4) is 0 Å². The maximum absolute atomic E-state index is 14.4. The Morgan fingerprint density at radius 3 is 2.68 bits per heavy atom. The molecule has 1 saturated carbocycles. The number of anilines is 1. The van der Waals surface area contributed by atoms with Crippen LogP contribution in [-0.4, -0.2) is 40.1 Å². The van der Waals surface area contributed by atoms with Crippen molar-refractivity contribution in [3.63, 3.8) is 0 Å². The van der Waals surface area contributed by atoms with E-state index in [1.165, 1.54) is 38.2 Å². The highest BCUT2D eigenvalue weighted by Gasteiger charge is 2.28. The highest BCUT2D eigenvalue weighted by molar-refractivity contribution is 5.94. The van der Waals surface area contributed by atoms with E-state index in [4.69, 9.17) is 0 Å². The molecule has 1 unspecified atom stereocenters. The number of carbonyl (C=O) groups is 1. The van der Waals surface area contributed by atoms with Crippen LogP contribution in [0.25, 0.3) is 0 Å². The number of imidazole rings is 1. The standard InChI is InChI=1S/C30H45F2N5O/c1-5-9-27(35-24-13-12-22-14-23(31)15-26(32)25(22)16-24)29(38)36-28-17-37(19-34-28)30(3,4)18-33-20(2)21-10-7-6-8-11-21/h14-15,17,19-21,24,27,33,35H,5-13,16,18H2,1-4H3,(H,36,38)/t20-,24?,27+/m1/s1. The third-order valence-corrected chi connectivity index (χ3v) is 8.54. The maximum Gasteiger partial charge on any atom is 0.242 e. The van der Waals surface area contributed by atoms with Gasteiger partial charge in [-0.25, -0.2) is 13.8 Å². The first-order valence-electron chi connectivity index (χ1n) is 14.5. The van der Waals surface area contributed by atoms with Crippen LogP contribution in [0.15, 0.2) is 24.7 Å². The van der Waals surface area contributed by atoms with Crippen molar-refractivity contribution in [2.24, 2.45) is 5.92 Å². The summed E-state index contributed by atoms with van der Waals surface area (Å²) in [6.45, 7) is 9.50. The smallest absolute Gasteiger partial charge is 0.242 e. The molecular weight excluding hydrogens is 484 g/mol. The molecule has 0 saturated heterocycles. The second kappa shape index (κ2) is 12.7. The summed E-state index contributed by atoms with van der Waals surface area (Å²) in [5, 5.41) is 10.2. The number of nitrogens with zero attached hydrogens (tertiary/aromatic N) is 2. The minimum atomic E-state index is -0.534. The quantitative estimate of drug-likeness (QED) is 0.349. The van der Waals surface area contributed by atoms with Gasteiger partial charge in [-0.1, -0.05) is 32.6 Å². The van der Waals surface area contributed by atoms with E-state index in [1.54, 1.807) is 6.33 Å². The van der Waals surface area contributed by atoms with Crippen LogP contribution in [0.5, 0.6) is 0 Å². The van der Waals surface area contributed by atoms with Gasteiger partial charge in [0.1, 0.15) is 11.6 Å². The van der Waals surface area contributed by atoms with Gasteiger partial charge < -0.3 is 20.5 Å². The number of fused-ring (bicyclic) bond motifs is 1. The van der Waals surface area contributed by atoms with Crippen LogP contribution < -0.4 is 16.0 Å². The molecule has 4 rings (SSSR count). The van der Waals surface area contributed by atoms with E-state index >= 15 is 0 Å². The van der Waals surface area contributed by atoms with Gasteiger partial charge in [0.2, 0.25) is 5.91 Å². The molecule has 1 aromatic heterocycles. The van der Waals surface area contributed by atoms with E-state index in [1.807, 2.05) is 13.1 Å². The Morgan fingerprint density at radius 2 is 1.95 bits per heavy atom. The lowest BCUT2D eigenvalue weighted by Gasteiger charge is -2.33. The van der Waals surface area contributed by atoms with Gasteiger partial charge in [-0.15, -0.1) is 0 Å². The lowest BCUT2D eigenvalue weighted by molar-refractivity contribution is -0.118. The minimum Gasteiger partial charge on any atom is -0.328 e. The van der Waals surface area contributed by atoms with Crippen LogP contribution in [0.1, 0.15) is 90.2 Å². The predicted molar refractivity (Wildman–Crippen MR) is 148 cm³/mol. The van der Waals surface area contributed by atoms with Crippen molar-refractivity contribution in [2.45, 2.75) is 116 Å². The largest absolute Gasteiger partial charge is 0.328 e. The number of aryl methyl sites for hydroxylation is 1. The Balaban J connectivity index is 1.33. The Kier molecular flexibility index (Phi) is 9.58. The Bertz CT molecular complexity index is 1080. The van der Waals surface area contributed by atoms with Crippen molar-refractivity contribution in [2.75, 3.05) is 11.9 Å². The molecule has 2 aromatic rings. The molecule has 1 amide bonds. The molecule has 6 nitrogen and oxygen atoms in total. The Hall–Kier alpha value is -2.32. The molecular formula is C30H45F2N5O. The molecule has 0 aliphatic heterocycles. The number of hydrogen-bond donors (Lipinski definition) is 3. The Morgan fingerprint density at radius 1 is 1.18 bits per heavy atom. The van der Waals surface area contributed by atoms with Crippen LogP contribution in [0.4, 0.5) is 14.6 Å². The highest BCUT2D eigenvalue weighted by Crippen LogP contribution is 2.28. The number of benzene rings is 1. The molecule has 1 heterocycles. The summed E-state index contributed by atoms with van der Waals surface area (Å²) < 4.78 is 30.0. The second-order valence-electron chi connectivity index (χ2n) is 12.0. The first-order chi connectivity index (χ1) is 18.2. The van der Waals surface area contributed by atoms with Gasteiger partial charge in [0, 0.05) is 30.9 Å². The van der Waals surface area contributed by atoms with E-state index in [9.17, 15) is 13.6 Å².